The fraction of sp³-hybridized carbons (Fsp3) is 0.241. The maximum atomic E-state index is 14.4. The SMILES string of the molecule is O=C(c1cc(-c2cccnc2)n(-c2ccc(F)c(C(F)(F)F)c2)n1)N1CCC(N2Cc3c(F)cccc3NC2=O)CC1. The molecular weight excluding hydrogens is 559 g/mol. The molecule has 0 aliphatic carbocycles. The third-order valence-corrected chi connectivity index (χ3v) is 7.53. The van der Waals surface area contributed by atoms with Gasteiger partial charge in [0.05, 0.1) is 29.2 Å². The smallest absolute Gasteiger partial charge is 0.337 e. The molecule has 1 saturated heterocycles. The quantitative estimate of drug-likeness (QED) is 0.305. The molecule has 2 aromatic carbocycles. The van der Waals surface area contributed by atoms with Gasteiger partial charge < -0.3 is 15.1 Å². The third-order valence-electron chi connectivity index (χ3n) is 7.53. The van der Waals surface area contributed by atoms with Crippen molar-refractivity contribution in [2.45, 2.75) is 31.6 Å². The number of amides is 3. The van der Waals surface area contributed by atoms with Crippen molar-refractivity contribution in [3.05, 3.63) is 95.4 Å². The highest BCUT2D eigenvalue weighted by Crippen LogP contribution is 2.34. The molecule has 0 atom stereocenters. The average molecular weight is 583 g/mol. The van der Waals surface area contributed by atoms with Crippen molar-refractivity contribution in [3.8, 4) is 16.9 Å². The van der Waals surface area contributed by atoms with Crippen LogP contribution in [-0.4, -0.2) is 55.6 Å². The highest BCUT2D eigenvalue weighted by Gasteiger charge is 2.36. The number of halogens is 5. The Morgan fingerprint density at radius 1 is 0.976 bits per heavy atom. The number of rotatable bonds is 4. The summed E-state index contributed by atoms with van der Waals surface area (Å²) >= 11 is 0. The first-order valence-electron chi connectivity index (χ1n) is 13.1. The molecule has 42 heavy (non-hydrogen) atoms. The summed E-state index contributed by atoms with van der Waals surface area (Å²) in [6.07, 6.45) is -1.05. The highest BCUT2D eigenvalue weighted by molar-refractivity contribution is 5.94. The molecule has 0 bridgehead atoms. The second kappa shape index (κ2) is 10.5. The standard InChI is InChI=1S/C29H23F5N6O2/c30-22-4-1-5-24-20(22)16-39(28(42)36-24)18-8-11-38(12-9-18)27(41)25-14-26(17-3-2-10-35-15-17)40(37-25)19-6-7-23(31)21(13-19)29(32,33)34/h1-7,10,13-15,18H,8-9,11-12,16H2,(H,36,42). The van der Waals surface area contributed by atoms with Crippen molar-refractivity contribution in [2.75, 3.05) is 18.4 Å². The molecule has 2 aliphatic rings. The van der Waals surface area contributed by atoms with Gasteiger partial charge in [-0.1, -0.05) is 6.07 Å². The molecule has 1 N–H and O–H groups in total. The minimum atomic E-state index is -4.93. The Balaban J connectivity index is 1.24. The normalized spacial score (nSPS) is 15.9. The summed E-state index contributed by atoms with van der Waals surface area (Å²) < 4.78 is 69.8. The second-order valence-electron chi connectivity index (χ2n) is 10.1. The van der Waals surface area contributed by atoms with Gasteiger partial charge in [-0.05, 0) is 61.4 Å². The van der Waals surface area contributed by atoms with E-state index in [9.17, 15) is 31.5 Å². The fourth-order valence-corrected chi connectivity index (χ4v) is 5.37. The van der Waals surface area contributed by atoms with Crippen LogP contribution in [0, 0.1) is 11.6 Å². The molecule has 8 nitrogen and oxygen atoms in total. The molecular formula is C29H23F5N6O2. The number of carbonyl (C=O) groups excluding carboxylic acids is 2. The number of hydrogen-bond donors (Lipinski definition) is 1. The maximum absolute atomic E-state index is 14.4. The second-order valence-corrected chi connectivity index (χ2v) is 10.1. The number of pyridine rings is 1. The maximum Gasteiger partial charge on any atom is 0.419 e. The van der Waals surface area contributed by atoms with E-state index in [1.807, 2.05) is 0 Å². The number of carbonyl (C=O) groups is 2. The van der Waals surface area contributed by atoms with Crippen LogP contribution in [0.2, 0.25) is 0 Å². The summed E-state index contributed by atoms with van der Waals surface area (Å²) in [6.45, 7) is 0.672. The van der Waals surface area contributed by atoms with Crippen molar-refractivity contribution in [2.24, 2.45) is 0 Å². The zero-order chi connectivity index (χ0) is 29.6. The average Bonchev–Trinajstić information content (AvgIpc) is 3.42. The summed E-state index contributed by atoms with van der Waals surface area (Å²) in [7, 11) is 0. The van der Waals surface area contributed by atoms with Crippen LogP contribution >= 0.6 is 0 Å². The molecule has 2 aromatic heterocycles. The number of nitrogens with one attached hydrogen (secondary N) is 1. The van der Waals surface area contributed by atoms with Crippen LogP contribution in [0.5, 0.6) is 0 Å². The molecule has 216 valence electrons. The molecule has 6 rings (SSSR count). The van der Waals surface area contributed by atoms with Crippen molar-refractivity contribution < 1.29 is 31.5 Å². The van der Waals surface area contributed by atoms with Crippen molar-refractivity contribution in [3.63, 3.8) is 0 Å². The lowest BCUT2D eigenvalue weighted by Crippen LogP contribution is -2.51. The Morgan fingerprint density at radius 2 is 1.76 bits per heavy atom. The van der Waals surface area contributed by atoms with E-state index in [-0.39, 0.29) is 43.1 Å². The summed E-state index contributed by atoms with van der Waals surface area (Å²) in [6, 6.07) is 11.2. The van der Waals surface area contributed by atoms with Gasteiger partial charge in [0, 0.05) is 42.7 Å². The molecule has 4 heterocycles. The molecule has 0 unspecified atom stereocenters. The van der Waals surface area contributed by atoms with Gasteiger partial charge in [-0.3, -0.25) is 9.78 Å². The molecule has 0 radical (unpaired) electrons. The van der Waals surface area contributed by atoms with Crippen molar-refractivity contribution in [1.82, 2.24) is 24.6 Å². The first kappa shape index (κ1) is 27.4. The minimum absolute atomic E-state index is 0.0168. The predicted octanol–water partition coefficient (Wildman–Crippen LogP) is 5.88. The number of piperidine rings is 1. The van der Waals surface area contributed by atoms with Gasteiger partial charge in [0.1, 0.15) is 11.6 Å². The van der Waals surface area contributed by atoms with Gasteiger partial charge in [0.2, 0.25) is 0 Å². The van der Waals surface area contributed by atoms with E-state index in [4.69, 9.17) is 0 Å². The Labute approximate surface area is 236 Å². The molecule has 3 amide bonds. The zero-order valence-electron chi connectivity index (χ0n) is 21.9. The van der Waals surface area contributed by atoms with Crippen LogP contribution in [0.4, 0.5) is 32.4 Å². The van der Waals surface area contributed by atoms with Gasteiger partial charge >= 0.3 is 12.2 Å². The van der Waals surface area contributed by atoms with Gasteiger partial charge in [0.25, 0.3) is 5.91 Å². The van der Waals surface area contributed by atoms with Gasteiger partial charge in [-0.2, -0.15) is 18.3 Å². The minimum Gasteiger partial charge on any atom is -0.337 e. The molecule has 13 heteroatoms. The van der Waals surface area contributed by atoms with Crippen LogP contribution in [0.15, 0.2) is 67.0 Å². The zero-order valence-corrected chi connectivity index (χ0v) is 21.9. The largest absolute Gasteiger partial charge is 0.419 e. The van der Waals surface area contributed by atoms with Crippen LogP contribution in [0.1, 0.15) is 34.5 Å². The van der Waals surface area contributed by atoms with Crippen LogP contribution < -0.4 is 5.32 Å². The third kappa shape index (κ3) is 5.06. The Bertz CT molecular complexity index is 1660. The molecule has 0 spiro atoms. The first-order chi connectivity index (χ1) is 20.1. The summed E-state index contributed by atoms with van der Waals surface area (Å²) in [5.41, 5.74) is 0.0784. The van der Waals surface area contributed by atoms with Gasteiger partial charge in [0.15, 0.2) is 5.69 Å². The summed E-state index contributed by atoms with van der Waals surface area (Å²) in [5.74, 6) is -2.28. The Hall–Kier alpha value is -4.81. The van der Waals surface area contributed by atoms with E-state index in [0.717, 1.165) is 10.7 Å². The summed E-state index contributed by atoms with van der Waals surface area (Å²) in [5, 5.41) is 7.05. The number of likely N-dealkylation sites (tertiary alicyclic amines) is 1. The van der Waals surface area contributed by atoms with E-state index in [2.05, 4.69) is 15.4 Å². The van der Waals surface area contributed by atoms with E-state index in [1.54, 1.807) is 28.0 Å². The molecule has 2 aliphatic heterocycles. The van der Waals surface area contributed by atoms with Crippen molar-refractivity contribution in [1.29, 1.82) is 0 Å². The lowest BCUT2D eigenvalue weighted by atomic mass is 10.0. The predicted molar refractivity (Wildman–Crippen MR) is 142 cm³/mol. The molecule has 0 saturated carbocycles. The molecule has 4 aromatic rings. The number of benzene rings is 2. The Morgan fingerprint density at radius 3 is 2.48 bits per heavy atom. The van der Waals surface area contributed by atoms with Crippen LogP contribution in [0.3, 0.4) is 0 Å². The fourth-order valence-electron chi connectivity index (χ4n) is 5.37. The number of nitrogens with zero attached hydrogens (tertiary/aromatic N) is 5. The molecule has 1 fully saturated rings. The summed E-state index contributed by atoms with van der Waals surface area (Å²) in [4.78, 5) is 33.4. The Kier molecular flexibility index (Phi) is 6.87. The number of urea groups is 1. The van der Waals surface area contributed by atoms with Crippen LogP contribution in [0.25, 0.3) is 16.9 Å². The van der Waals surface area contributed by atoms with Crippen LogP contribution in [-0.2, 0) is 12.7 Å². The lowest BCUT2D eigenvalue weighted by Gasteiger charge is -2.40. The number of anilines is 1. The first-order valence-corrected chi connectivity index (χ1v) is 13.1. The number of aromatic nitrogens is 3. The number of fused-ring (bicyclic) bond motifs is 1. The number of hydrogen-bond acceptors (Lipinski definition) is 4. The topological polar surface area (TPSA) is 83.4 Å². The van der Waals surface area contributed by atoms with E-state index in [0.29, 0.717) is 47.5 Å². The highest BCUT2D eigenvalue weighted by atomic mass is 19.4. The number of alkyl halides is 3. The lowest BCUT2D eigenvalue weighted by molar-refractivity contribution is -0.140. The van der Waals surface area contributed by atoms with E-state index < -0.39 is 29.3 Å². The monoisotopic (exact) mass is 582 g/mol. The van der Waals surface area contributed by atoms with E-state index >= 15 is 0 Å². The van der Waals surface area contributed by atoms with Gasteiger partial charge in [-0.25, -0.2) is 18.3 Å². The van der Waals surface area contributed by atoms with Gasteiger partial charge in [-0.15, -0.1) is 0 Å². The van der Waals surface area contributed by atoms with Crippen molar-refractivity contribution >= 4 is 17.6 Å². The van der Waals surface area contributed by atoms with E-state index in [1.165, 1.54) is 30.6 Å².